The molecular formula is C12H10N2O3. The van der Waals surface area contributed by atoms with E-state index in [2.05, 4.69) is 4.98 Å². The molecule has 0 unspecified atom stereocenters. The standard InChI is InChI=1S/C12H10N2O3/c13-11-4-8(5-12(15)14-11)7-1-2-9-10(3-7)17-6-16-9/h1-5H,6H2,(H3,13,14,15). The van der Waals surface area contributed by atoms with Crippen LogP contribution in [0.15, 0.2) is 35.1 Å². The number of benzene rings is 1. The third-order valence-electron chi connectivity index (χ3n) is 2.57. The van der Waals surface area contributed by atoms with Gasteiger partial charge in [0.25, 0.3) is 0 Å². The minimum absolute atomic E-state index is 0.224. The number of ether oxygens (including phenoxy) is 2. The van der Waals surface area contributed by atoms with Crippen molar-refractivity contribution in [3.05, 3.63) is 40.7 Å². The highest BCUT2D eigenvalue weighted by Gasteiger charge is 2.14. The zero-order valence-corrected chi connectivity index (χ0v) is 8.90. The fourth-order valence-corrected chi connectivity index (χ4v) is 1.81. The maximum Gasteiger partial charge on any atom is 0.250 e. The van der Waals surface area contributed by atoms with Crippen molar-refractivity contribution in [1.29, 1.82) is 0 Å². The van der Waals surface area contributed by atoms with E-state index in [9.17, 15) is 4.79 Å². The van der Waals surface area contributed by atoms with E-state index in [1.54, 1.807) is 6.07 Å². The number of nitrogens with two attached hydrogens (primary N) is 1. The Labute approximate surface area is 96.8 Å². The number of H-pyrrole nitrogens is 1. The van der Waals surface area contributed by atoms with Gasteiger partial charge in [-0.3, -0.25) is 4.79 Å². The summed E-state index contributed by atoms with van der Waals surface area (Å²) in [6, 6.07) is 8.71. The van der Waals surface area contributed by atoms with Gasteiger partial charge >= 0.3 is 0 Å². The van der Waals surface area contributed by atoms with E-state index in [1.807, 2.05) is 18.2 Å². The molecule has 2 aromatic rings. The van der Waals surface area contributed by atoms with Crippen LogP contribution >= 0.6 is 0 Å². The molecule has 0 radical (unpaired) electrons. The van der Waals surface area contributed by atoms with Crippen LogP contribution in [0.3, 0.4) is 0 Å². The number of nitrogens with one attached hydrogen (secondary N) is 1. The molecule has 0 spiro atoms. The Hall–Kier alpha value is -2.43. The molecular weight excluding hydrogens is 220 g/mol. The Bertz CT molecular complexity index is 634. The molecule has 86 valence electrons. The number of hydrogen-bond donors (Lipinski definition) is 2. The summed E-state index contributed by atoms with van der Waals surface area (Å²) >= 11 is 0. The number of aromatic nitrogens is 1. The zero-order chi connectivity index (χ0) is 11.8. The van der Waals surface area contributed by atoms with Crippen LogP contribution in [-0.4, -0.2) is 11.8 Å². The fourth-order valence-electron chi connectivity index (χ4n) is 1.81. The normalized spacial score (nSPS) is 12.7. The Morgan fingerprint density at radius 2 is 1.88 bits per heavy atom. The third-order valence-corrected chi connectivity index (χ3v) is 2.57. The Morgan fingerprint density at radius 3 is 2.71 bits per heavy atom. The predicted molar refractivity (Wildman–Crippen MR) is 63.0 cm³/mol. The lowest BCUT2D eigenvalue weighted by Crippen LogP contribution is -2.07. The van der Waals surface area contributed by atoms with E-state index in [-0.39, 0.29) is 12.4 Å². The first-order valence-electron chi connectivity index (χ1n) is 5.12. The number of anilines is 1. The van der Waals surface area contributed by atoms with Gasteiger partial charge < -0.3 is 20.2 Å². The van der Waals surface area contributed by atoms with Gasteiger partial charge in [0.2, 0.25) is 12.4 Å². The van der Waals surface area contributed by atoms with Crippen LogP contribution in [0.2, 0.25) is 0 Å². The Balaban J connectivity index is 2.12. The number of hydrogen-bond acceptors (Lipinski definition) is 4. The summed E-state index contributed by atoms with van der Waals surface area (Å²) in [6.45, 7) is 0.232. The number of pyridine rings is 1. The molecule has 5 heteroatoms. The Morgan fingerprint density at radius 1 is 1.06 bits per heavy atom. The van der Waals surface area contributed by atoms with Gasteiger partial charge in [0, 0.05) is 6.07 Å². The average molecular weight is 230 g/mol. The molecule has 1 aromatic heterocycles. The number of fused-ring (bicyclic) bond motifs is 1. The van der Waals surface area contributed by atoms with Gasteiger partial charge in [0.1, 0.15) is 5.82 Å². The van der Waals surface area contributed by atoms with Crippen LogP contribution in [0, 0.1) is 0 Å². The van der Waals surface area contributed by atoms with Crippen molar-refractivity contribution in [3.63, 3.8) is 0 Å². The number of rotatable bonds is 1. The van der Waals surface area contributed by atoms with Gasteiger partial charge in [-0.15, -0.1) is 0 Å². The summed E-state index contributed by atoms with van der Waals surface area (Å²) in [6.07, 6.45) is 0. The van der Waals surface area contributed by atoms with Gasteiger partial charge in [0.15, 0.2) is 11.5 Å². The van der Waals surface area contributed by atoms with Crippen LogP contribution in [0.4, 0.5) is 5.82 Å². The number of aromatic amines is 1. The first-order valence-corrected chi connectivity index (χ1v) is 5.12. The highest BCUT2D eigenvalue weighted by molar-refractivity contribution is 5.69. The van der Waals surface area contributed by atoms with Gasteiger partial charge in [-0.25, -0.2) is 0 Å². The molecule has 1 aromatic carbocycles. The molecule has 3 rings (SSSR count). The molecule has 17 heavy (non-hydrogen) atoms. The zero-order valence-electron chi connectivity index (χ0n) is 8.90. The van der Waals surface area contributed by atoms with E-state index in [0.717, 1.165) is 11.1 Å². The molecule has 3 N–H and O–H groups in total. The van der Waals surface area contributed by atoms with Gasteiger partial charge in [-0.2, -0.15) is 0 Å². The lowest BCUT2D eigenvalue weighted by atomic mass is 10.1. The maximum atomic E-state index is 11.3. The topological polar surface area (TPSA) is 77.3 Å². The van der Waals surface area contributed by atoms with Crippen LogP contribution in [0.1, 0.15) is 0 Å². The molecule has 1 aliphatic heterocycles. The quantitative estimate of drug-likeness (QED) is 0.775. The van der Waals surface area contributed by atoms with Crippen LogP contribution in [0.25, 0.3) is 11.1 Å². The highest BCUT2D eigenvalue weighted by atomic mass is 16.7. The summed E-state index contributed by atoms with van der Waals surface area (Å²) < 4.78 is 10.5. The van der Waals surface area contributed by atoms with Crippen LogP contribution < -0.4 is 20.8 Å². The molecule has 5 nitrogen and oxygen atoms in total. The molecule has 0 bridgehead atoms. The molecule has 0 amide bonds. The summed E-state index contributed by atoms with van der Waals surface area (Å²) in [5, 5.41) is 0. The molecule has 0 saturated carbocycles. The molecule has 0 saturated heterocycles. The van der Waals surface area contributed by atoms with Crippen molar-refractivity contribution in [2.24, 2.45) is 0 Å². The summed E-state index contributed by atoms with van der Waals surface area (Å²) in [4.78, 5) is 13.8. The first-order chi connectivity index (χ1) is 8.22. The first kappa shape index (κ1) is 9.77. The molecule has 0 aliphatic carbocycles. The largest absolute Gasteiger partial charge is 0.454 e. The number of nitrogen functional groups attached to an aromatic ring is 1. The van der Waals surface area contributed by atoms with Crippen molar-refractivity contribution in [1.82, 2.24) is 4.98 Å². The third kappa shape index (κ3) is 1.71. The smallest absolute Gasteiger partial charge is 0.250 e. The van der Waals surface area contributed by atoms with Crippen molar-refractivity contribution in [2.75, 3.05) is 12.5 Å². The second-order valence-corrected chi connectivity index (χ2v) is 3.76. The SMILES string of the molecule is Nc1cc(-c2ccc3c(c2)OCO3)cc(=O)[nH]1. The lowest BCUT2D eigenvalue weighted by molar-refractivity contribution is 0.174. The van der Waals surface area contributed by atoms with Gasteiger partial charge in [0.05, 0.1) is 0 Å². The van der Waals surface area contributed by atoms with Crippen molar-refractivity contribution in [2.45, 2.75) is 0 Å². The second-order valence-electron chi connectivity index (χ2n) is 3.76. The van der Waals surface area contributed by atoms with Gasteiger partial charge in [-0.05, 0) is 29.3 Å². The average Bonchev–Trinajstić information content (AvgIpc) is 2.74. The van der Waals surface area contributed by atoms with E-state index in [4.69, 9.17) is 15.2 Å². The monoisotopic (exact) mass is 230 g/mol. The minimum atomic E-state index is -0.224. The molecule has 1 aliphatic rings. The highest BCUT2D eigenvalue weighted by Crippen LogP contribution is 2.35. The summed E-state index contributed by atoms with van der Waals surface area (Å²) in [5.74, 6) is 1.73. The van der Waals surface area contributed by atoms with Gasteiger partial charge in [-0.1, -0.05) is 6.07 Å². The molecule has 0 atom stereocenters. The van der Waals surface area contributed by atoms with E-state index < -0.39 is 0 Å². The van der Waals surface area contributed by atoms with E-state index >= 15 is 0 Å². The molecule has 2 heterocycles. The summed E-state index contributed by atoms with van der Waals surface area (Å²) in [5.41, 5.74) is 7.00. The molecule has 0 fully saturated rings. The van der Waals surface area contributed by atoms with E-state index in [0.29, 0.717) is 17.3 Å². The van der Waals surface area contributed by atoms with Crippen molar-refractivity contribution < 1.29 is 9.47 Å². The Kier molecular flexibility index (Phi) is 2.04. The fraction of sp³-hybridized carbons (Fsp3) is 0.0833. The lowest BCUT2D eigenvalue weighted by Gasteiger charge is -2.03. The second kappa shape index (κ2) is 3.55. The van der Waals surface area contributed by atoms with Crippen LogP contribution in [0.5, 0.6) is 11.5 Å². The minimum Gasteiger partial charge on any atom is -0.454 e. The van der Waals surface area contributed by atoms with Crippen molar-refractivity contribution >= 4 is 5.82 Å². The van der Waals surface area contributed by atoms with Crippen LogP contribution in [-0.2, 0) is 0 Å². The predicted octanol–water partition coefficient (Wildman–Crippen LogP) is 1.35. The summed E-state index contributed by atoms with van der Waals surface area (Å²) in [7, 11) is 0. The van der Waals surface area contributed by atoms with Crippen molar-refractivity contribution in [3.8, 4) is 22.6 Å². The maximum absolute atomic E-state index is 11.3. The van der Waals surface area contributed by atoms with E-state index in [1.165, 1.54) is 6.07 Å².